The van der Waals surface area contributed by atoms with Crippen LogP contribution in [0.15, 0.2) is 53.0 Å². The van der Waals surface area contributed by atoms with Gasteiger partial charge >= 0.3 is 6.03 Å². The van der Waals surface area contributed by atoms with Gasteiger partial charge in [-0.2, -0.15) is 0 Å². The molecule has 5 heteroatoms. The lowest BCUT2D eigenvalue weighted by Crippen LogP contribution is -2.59. The average molecular weight is 468 g/mol. The third kappa shape index (κ3) is 4.02. The number of rotatable bonds is 3. The maximum absolute atomic E-state index is 13.1. The molecule has 3 atom stereocenters. The molecular formula is C25H30BrN3O. The first-order chi connectivity index (χ1) is 14.7. The summed E-state index contributed by atoms with van der Waals surface area (Å²) in [5.74, 6) is 0.604. The maximum Gasteiger partial charge on any atom is 0.317 e. The molecule has 3 aliphatic heterocycles. The Bertz CT molecular complexity index is 903. The van der Waals surface area contributed by atoms with Gasteiger partial charge in [0.25, 0.3) is 0 Å². The van der Waals surface area contributed by atoms with E-state index in [1.807, 2.05) is 6.07 Å². The van der Waals surface area contributed by atoms with Crippen molar-refractivity contribution in [2.24, 2.45) is 5.92 Å². The second kappa shape index (κ2) is 8.72. The number of piperidine rings is 2. The van der Waals surface area contributed by atoms with E-state index in [-0.39, 0.29) is 6.03 Å². The molecule has 2 amide bonds. The van der Waals surface area contributed by atoms with Crippen molar-refractivity contribution >= 4 is 22.0 Å². The fourth-order valence-corrected chi connectivity index (χ4v) is 6.15. The molecule has 2 saturated heterocycles. The molecule has 0 aromatic heterocycles. The largest absolute Gasteiger partial charge is 0.338 e. The predicted octanol–water partition coefficient (Wildman–Crippen LogP) is 4.78. The van der Waals surface area contributed by atoms with Crippen LogP contribution in [0.2, 0.25) is 0 Å². The molecule has 0 unspecified atom stereocenters. The van der Waals surface area contributed by atoms with Crippen molar-refractivity contribution in [3.63, 3.8) is 0 Å². The van der Waals surface area contributed by atoms with Gasteiger partial charge in [-0.1, -0.05) is 52.3 Å². The van der Waals surface area contributed by atoms with Gasteiger partial charge < -0.3 is 10.2 Å². The molecule has 3 aliphatic rings. The van der Waals surface area contributed by atoms with Crippen molar-refractivity contribution in [3.8, 4) is 0 Å². The van der Waals surface area contributed by atoms with E-state index in [0.717, 1.165) is 45.3 Å². The molecule has 0 bridgehead atoms. The summed E-state index contributed by atoms with van der Waals surface area (Å²) in [5, 5.41) is 3.20. The Balaban J connectivity index is 1.27. The van der Waals surface area contributed by atoms with Crippen LogP contribution in [-0.2, 0) is 12.8 Å². The molecule has 2 aromatic rings. The summed E-state index contributed by atoms with van der Waals surface area (Å²) in [7, 11) is 0. The second-order valence-electron chi connectivity index (χ2n) is 8.97. The molecule has 1 N–H and O–H groups in total. The molecule has 5 rings (SSSR count). The highest BCUT2D eigenvalue weighted by Gasteiger charge is 2.43. The van der Waals surface area contributed by atoms with E-state index in [4.69, 9.17) is 0 Å². The Labute approximate surface area is 187 Å². The summed E-state index contributed by atoms with van der Waals surface area (Å²) >= 11 is 3.63. The van der Waals surface area contributed by atoms with Crippen LogP contribution in [0.25, 0.3) is 0 Å². The standard InChI is InChI=1S/C25H30BrN3O/c26-21-8-9-22-19(15-21)11-14-28-17-20-7-4-13-29(23(20)16-24(22)28)25(30)27-12-10-18-5-2-1-3-6-18/h1-3,5-6,8-9,15,20,23-24H,4,7,10-14,16-17H2,(H,27,30)/t20-,23+,24-/m1/s1. The molecule has 2 fully saturated rings. The Morgan fingerprint density at radius 2 is 2.00 bits per heavy atom. The van der Waals surface area contributed by atoms with Crippen molar-refractivity contribution < 1.29 is 4.79 Å². The van der Waals surface area contributed by atoms with Crippen LogP contribution in [-0.4, -0.2) is 48.1 Å². The second-order valence-corrected chi connectivity index (χ2v) is 9.89. The van der Waals surface area contributed by atoms with Crippen molar-refractivity contribution in [1.82, 2.24) is 15.1 Å². The number of nitrogens with zero attached hydrogens (tertiary/aromatic N) is 2. The van der Waals surface area contributed by atoms with Gasteiger partial charge in [-0.15, -0.1) is 0 Å². The van der Waals surface area contributed by atoms with Crippen LogP contribution in [0.3, 0.4) is 0 Å². The fourth-order valence-electron chi connectivity index (χ4n) is 5.74. The zero-order chi connectivity index (χ0) is 20.5. The lowest BCUT2D eigenvalue weighted by Gasteiger charge is -2.52. The number of likely N-dealkylation sites (tertiary alicyclic amines) is 1. The van der Waals surface area contributed by atoms with Gasteiger partial charge in [-0.3, -0.25) is 4.90 Å². The zero-order valence-electron chi connectivity index (χ0n) is 17.4. The summed E-state index contributed by atoms with van der Waals surface area (Å²) in [6.07, 6.45) is 5.44. The number of carbonyl (C=O) groups is 1. The van der Waals surface area contributed by atoms with E-state index in [1.165, 1.54) is 27.6 Å². The number of hydrogen-bond acceptors (Lipinski definition) is 2. The number of hydrogen-bond donors (Lipinski definition) is 1. The van der Waals surface area contributed by atoms with Crippen LogP contribution in [0.5, 0.6) is 0 Å². The first-order valence-electron chi connectivity index (χ1n) is 11.3. The Morgan fingerprint density at radius 3 is 2.87 bits per heavy atom. The Hall–Kier alpha value is -1.85. The summed E-state index contributed by atoms with van der Waals surface area (Å²) in [5.41, 5.74) is 4.21. The van der Waals surface area contributed by atoms with Crippen LogP contribution in [0.1, 0.15) is 42.0 Å². The number of carbonyl (C=O) groups excluding carboxylic acids is 1. The van der Waals surface area contributed by atoms with E-state index in [2.05, 4.69) is 73.5 Å². The topological polar surface area (TPSA) is 35.6 Å². The predicted molar refractivity (Wildman–Crippen MR) is 124 cm³/mol. The van der Waals surface area contributed by atoms with E-state index in [1.54, 1.807) is 0 Å². The van der Waals surface area contributed by atoms with Crippen molar-refractivity contribution in [3.05, 3.63) is 69.7 Å². The highest BCUT2D eigenvalue weighted by Crippen LogP contribution is 2.43. The van der Waals surface area contributed by atoms with Gasteiger partial charge in [0.2, 0.25) is 0 Å². The van der Waals surface area contributed by atoms with Crippen molar-refractivity contribution in [1.29, 1.82) is 0 Å². The molecule has 0 aliphatic carbocycles. The van der Waals surface area contributed by atoms with Gasteiger partial charge in [0.05, 0.1) is 0 Å². The number of nitrogens with one attached hydrogen (secondary N) is 1. The van der Waals surface area contributed by atoms with E-state index < -0.39 is 0 Å². The Morgan fingerprint density at radius 1 is 1.13 bits per heavy atom. The summed E-state index contributed by atoms with van der Waals surface area (Å²) in [6, 6.07) is 18.1. The molecule has 3 heterocycles. The molecule has 30 heavy (non-hydrogen) atoms. The van der Waals surface area contributed by atoms with Gasteiger partial charge in [0.15, 0.2) is 0 Å². The molecular weight excluding hydrogens is 438 g/mol. The average Bonchev–Trinajstić information content (AvgIpc) is 2.77. The van der Waals surface area contributed by atoms with Gasteiger partial charge in [-0.05, 0) is 66.8 Å². The zero-order valence-corrected chi connectivity index (χ0v) is 19.0. The van der Waals surface area contributed by atoms with Gasteiger partial charge in [0, 0.05) is 42.7 Å². The molecule has 0 radical (unpaired) electrons. The smallest absolute Gasteiger partial charge is 0.317 e. The third-order valence-corrected chi connectivity index (χ3v) is 7.71. The summed E-state index contributed by atoms with van der Waals surface area (Å²) in [6.45, 7) is 3.85. The quantitative estimate of drug-likeness (QED) is 0.704. The highest BCUT2D eigenvalue weighted by molar-refractivity contribution is 9.10. The minimum atomic E-state index is 0.126. The molecule has 4 nitrogen and oxygen atoms in total. The van der Waals surface area contributed by atoms with Crippen LogP contribution >= 0.6 is 15.9 Å². The molecule has 2 aromatic carbocycles. The number of benzene rings is 2. The van der Waals surface area contributed by atoms with E-state index >= 15 is 0 Å². The molecule has 0 saturated carbocycles. The number of urea groups is 1. The first-order valence-corrected chi connectivity index (χ1v) is 12.1. The maximum atomic E-state index is 13.1. The van der Waals surface area contributed by atoms with Crippen LogP contribution in [0.4, 0.5) is 4.79 Å². The summed E-state index contributed by atoms with van der Waals surface area (Å²) in [4.78, 5) is 17.9. The summed E-state index contributed by atoms with van der Waals surface area (Å²) < 4.78 is 1.17. The minimum Gasteiger partial charge on any atom is -0.338 e. The minimum absolute atomic E-state index is 0.126. The highest BCUT2D eigenvalue weighted by atomic mass is 79.9. The van der Waals surface area contributed by atoms with Gasteiger partial charge in [0.1, 0.15) is 0 Å². The third-order valence-electron chi connectivity index (χ3n) is 7.22. The lowest BCUT2D eigenvalue weighted by atomic mass is 9.77. The van der Waals surface area contributed by atoms with E-state index in [0.29, 0.717) is 24.5 Å². The number of fused-ring (bicyclic) bond motifs is 4. The normalized spacial score (nSPS) is 25.8. The lowest BCUT2D eigenvalue weighted by molar-refractivity contribution is 0.00578. The fraction of sp³-hybridized carbons (Fsp3) is 0.480. The number of halogens is 1. The molecule has 0 spiro atoms. The van der Waals surface area contributed by atoms with Crippen molar-refractivity contribution in [2.45, 2.75) is 44.2 Å². The van der Waals surface area contributed by atoms with Crippen LogP contribution < -0.4 is 5.32 Å². The Kier molecular flexibility index (Phi) is 5.83. The molecule has 158 valence electrons. The van der Waals surface area contributed by atoms with Gasteiger partial charge in [-0.25, -0.2) is 4.79 Å². The van der Waals surface area contributed by atoms with Crippen LogP contribution in [0, 0.1) is 5.92 Å². The van der Waals surface area contributed by atoms with Crippen molar-refractivity contribution in [2.75, 3.05) is 26.2 Å². The number of amides is 2. The first kappa shape index (κ1) is 20.1. The SMILES string of the molecule is O=C(NCCc1ccccc1)N1CCC[C@@H]2CN3CCc4cc(Br)ccc4[C@H]3C[C@@H]21. The van der Waals surface area contributed by atoms with E-state index in [9.17, 15) is 4.79 Å². The monoisotopic (exact) mass is 467 g/mol.